The maximum absolute atomic E-state index is 5.06. The summed E-state index contributed by atoms with van der Waals surface area (Å²) in [5.41, 5.74) is 2.74. The van der Waals surface area contributed by atoms with E-state index in [1.54, 1.807) is 0 Å². The summed E-state index contributed by atoms with van der Waals surface area (Å²) in [5.74, 6) is 2.38. The smallest absolute Gasteiger partial charge is 0.219 e. The van der Waals surface area contributed by atoms with Crippen LogP contribution in [-0.2, 0) is 0 Å². The van der Waals surface area contributed by atoms with Gasteiger partial charge in [0, 0.05) is 48.3 Å². The van der Waals surface area contributed by atoms with E-state index in [0.717, 1.165) is 0 Å². The van der Waals surface area contributed by atoms with Crippen molar-refractivity contribution in [2.45, 2.75) is 159 Å². The summed E-state index contributed by atoms with van der Waals surface area (Å²) in [6, 6.07) is 0.830. The zero-order chi connectivity index (χ0) is 35.1. The van der Waals surface area contributed by atoms with Gasteiger partial charge in [0.2, 0.25) is 11.9 Å². The van der Waals surface area contributed by atoms with Gasteiger partial charge in [-0.2, -0.15) is 0 Å². The Morgan fingerprint density at radius 2 is 0.696 bits per heavy atom. The van der Waals surface area contributed by atoms with E-state index in [1.165, 1.54) is 0 Å². The molecule has 0 aromatic carbocycles. The molecular weight excluding hydrogens is 576 g/mol. The number of rotatable bonds is 10. The summed E-state index contributed by atoms with van der Waals surface area (Å²) in [6.45, 7) is 33.0. The Balaban J connectivity index is 4.15. The van der Waals surface area contributed by atoms with Gasteiger partial charge in [0.15, 0.2) is 11.9 Å². The van der Waals surface area contributed by atoms with E-state index in [2.05, 4.69) is 87.3 Å². The zero-order valence-electron chi connectivity index (χ0n) is 31.5. The van der Waals surface area contributed by atoms with Gasteiger partial charge in [-0.1, -0.05) is 0 Å². The Morgan fingerprint density at radius 1 is 0.413 bits per heavy atom. The van der Waals surface area contributed by atoms with Crippen LogP contribution in [0.15, 0.2) is 53.5 Å². The first-order chi connectivity index (χ1) is 21.3. The molecule has 0 heterocycles. The molecule has 0 spiro atoms. The highest BCUT2D eigenvalue weighted by Gasteiger charge is 2.23. The molecule has 0 fully saturated rings. The highest BCUT2D eigenvalue weighted by molar-refractivity contribution is 6.28. The van der Waals surface area contributed by atoms with Crippen LogP contribution in [0.1, 0.15) is 111 Å². The fourth-order valence-electron chi connectivity index (χ4n) is 3.92. The predicted octanol–water partition coefficient (Wildman–Crippen LogP) is 4.88. The first-order valence-corrected chi connectivity index (χ1v) is 16.9. The van der Waals surface area contributed by atoms with E-state index < -0.39 is 0 Å². The Morgan fingerprint density at radius 3 is 0.935 bits per heavy atom. The van der Waals surface area contributed by atoms with Crippen molar-refractivity contribution in [3.8, 4) is 0 Å². The average Bonchev–Trinajstić information content (AvgIpc) is 2.83. The van der Waals surface area contributed by atoms with E-state index >= 15 is 0 Å². The lowest BCUT2D eigenvalue weighted by atomic mass is 10.0. The molecule has 46 heavy (non-hydrogen) atoms. The normalized spacial score (nSPS) is 17.4. The summed E-state index contributed by atoms with van der Waals surface area (Å²) in [4.78, 5) is 29.4. The van der Waals surface area contributed by atoms with Gasteiger partial charge < -0.3 is 31.9 Å². The quantitative estimate of drug-likeness (QED) is 0.114. The molecule has 0 saturated carbocycles. The van der Waals surface area contributed by atoms with Gasteiger partial charge in [-0.05, 0) is 123 Å². The molecule has 0 radical (unpaired) electrons. The first-order valence-electron chi connectivity index (χ1n) is 16.9. The highest BCUT2D eigenvalue weighted by atomic mass is 15.2. The molecule has 0 aromatic heterocycles. The number of aliphatic imine (C=N–C) groups is 6. The van der Waals surface area contributed by atoms with Gasteiger partial charge in [0.1, 0.15) is 0 Å². The topological polar surface area (TPSA) is 146 Å². The number of hydrogen-bond acceptors (Lipinski definition) is 4. The van der Waals surface area contributed by atoms with Crippen LogP contribution in [0.4, 0.5) is 0 Å². The van der Waals surface area contributed by atoms with E-state index in [1.807, 2.05) is 67.5 Å². The van der Waals surface area contributed by atoms with Crippen LogP contribution in [0.25, 0.3) is 0 Å². The van der Waals surface area contributed by atoms with Crippen LogP contribution in [0.2, 0.25) is 0 Å². The SMILES string of the molecule is CC(C)N=C(/N=C1C=C(NC(=NC(C)C)NC(C)C)/C(=N/C(=NC(C)C)NC(C)C)C=C\1NC(=NC(C)C)NC(C)C)NC(C)C. The molecule has 0 atom stereocenters. The molecule has 0 aromatic rings. The van der Waals surface area contributed by atoms with Crippen LogP contribution < -0.4 is 31.9 Å². The third-order valence-electron chi connectivity index (χ3n) is 5.29. The second-order valence-electron chi connectivity index (χ2n) is 13.8. The van der Waals surface area contributed by atoms with Gasteiger partial charge >= 0.3 is 0 Å². The Bertz CT molecular complexity index is 1110. The highest BCUT2D eigenvalue weighted by Crippen LogP contribution is 2.14. The maximum atomic E-state index is 5.06. The maximum Gasteiger partial charge on any atom is 0.219 e. The van der Waals surface area contributed by atoms with Crippen LogP contribution in [-0.4, -0.2) is 83.6 Å². The van der Waals surface area contributed by atoms with Gasteiger partial charge in [-0.25, -0.2) is 20.0 Å². The molecule has 1 aliphatic rings. The second-order valence-corrected chi connectivity index (χ2v) is 13.8. The molecule has 1 rings (SSSR count). The summed E-state index contributed by atoms with van der Waals surface area (Å²) in [5, 5.41) is 20.8. The van der Waals surface area contributed by atoms with E-state index in [-0.39, 0.29) is 48.3 Å². The lowest BCUT2D eigenvalue weighted by Crippen LogP contribution is -2.46. The number of hydrogen-bond donors (Lipinski definition) is 6. The van der Waals surface area contributed by atoms with Crippen molar-refractivity contribution >= 4 is 35.3 Å². The van der Waals surface area contributed by atoms with E-state index in [9.17, 15) is 0 Å². The lowest BCUT2D eigenvalue weighted by Gasteiger charge is -2.25. The van der Waals surface area contributed by atoms with Crippen LogP contribution in [0, 0.1) is 0 Å². The zero-order valence-corrected chi connectivity index (χ0v) is 31.5. The molecule has 260 valence electrons. The van der Waals surface area contributed by atoms with Gasteiger partial charge in [-0.3, -0.25) is 9.98 Å². The van der Waals surface area contributed by atoms with Crippen molar-refractivity contribution in [1.29, 1.82) is 0 Å². The Hall–Kier alpha value is -3.70. The Kier molecular flexibility index (Phi) is 17.3. The lowest BCUT2D eigenvalue weighted by molar-refractivity contribution is 0.699. The average molecular weight is 641 g/mol. The summed E-state index contributed by atoms with van der Waals surface area (Å²) < 4.78 is 0. The second kappa shape index (κ2) is 19.7. The predicted molar refractivity (Wildman–Crippen MR) is 201 cm³/mol. The summed E-state index contributed by atoms with van der Waals surface area (Å²) in [7, 11) is 0. The minimum atomic E-state index is 0.0471. The number of guanidine groups is 4. The van der Waals surface area contributed by atoms with Crippen LogP contribution in [0.5, 0.6) is 0 Å². The molecule has 12 nitrogen and oxygen atoms in total. The molecule has 0 saturated heterocycles. The third kappa shape index (κ3) is 17.1. The molecular formula is C34H64N12. The fraction of sp³-hybridized carbons (Fsp3) is 0.706. The number of nitrogens with one attached hydrogen (secondary N) is 6. The van der Waals surface area contributed by atoms with E-state index in [0.29, 0.717) is 46.7 Å². The van der Waals surface area contributed by atoms with Gasteiger partial charge in [0.25, 0.3) is 0 Å². The summed E-state index contributed by atoms with van der Waals surface area (Å²) >= 11 is 0. The largest absolute Gasteiger partial charge is 0.354 e. The monoisotopic (exact) mass is 641 g/mol. The fourth-order valence-corrected chi connectivity index (χ4v) is 3.92. The molecule has 0 bridgehead atoms. The van der Waals surface area contributed by atoms with Gasteiger partial charge in [-0.15, -0.1) is 0 Å². The standard InChI is InChI=1S/C34H64N12/c1-19(2)35-31(36-20(3)4)43-27-17-29(45-33(39-23(9)10)40-24(11)12)30(46-34(41-25(13)14)42-26(15)16)18-28(27)44-32(37-21(5)6)38-22(7)8/h17-26H,1-16H3,(H,35,36)(H,41,42)(H2,37,38,44)(H2,39,40,45)/b43-27+,46-30+. The van der Waals surface area contributed by atoms with Crippen molar-refractivity contribution < 1.29 is 0 Å². The third-order valence-corrected chi connectivity index (χ3v) is 5.29. The van der Waals surface area contributed by atoms with Crippen molar-refractivity contribution in [2.24, 2.45) is 30.0 Å². The van der Waals surface area contributed by atoms with E-state index in [4.69, 9.17) is 30.0 Å². The van der Waals surface area contributed by atoms with Crippen molar-refractivity contribution in [3.63, 3.8) is 0 Å². The number of nitrogens with zero attached hydrogens (tertiary/aromatic N) is 6. The molecule has 0 unspecified atom stereocenters. The molecule has 6 N–H and O–H groups in total. The van der Waals surface area contributed by atoms with Crippen LogP contribution >= 0.6 is 0 Å². The van der Waals surface area contributed by atoms with Crippen molar-refractivity contribution in [3.05, 3.63) is 23.5 Å². The molecule has 0 amide bonds. The van der Waals surface area contributed by atoms with Gasteiger partial charge in [0.05, 0.1) is 22.8 Å². The minimum Gasteiger partial charge on any atom is -0.354 e. The summed E-state index contributed by atoms with van der Waals surface area (Å²) in [6.07, 6.45) is 3.95. The Labute approximate surface area is 279 Å². The molecule has 0 aliphatic heterocycles. The molecule has 12 heteroatoms. The minimum absolute atomic E-state index is 0.0471. The van der Waals surface area contributed by atoms with Crippen molar-refractivity contribution in [1.82, 2.24) is 31.9 Å². The van der Waals surface area contributed by atoms with Crippen LogP contribution in [0.3, 0.4) is 0 Å². The first kappa shape index (κ1) is 40.3. The number of allylic oxidation sites excluding steroid dienone is 2. The van der Waals surface area contributed by atoms with Crippen molar-refractivity contribution in [2.75, 3.05) is 0 Å². The molecule has 1 aliphatic carbocycles.